The molecular weight excluding hydrogens is 322 g/mol. The molecule has 3 rings (SSSR count). The molecule has 0 spiro atoms. The van der Waals surface area contributed by atoms with Gasteiger partial charge in [-0.05, 0) is 58.1 Å². The monoisotopic (exact) mass is 355 g/mol. The lowest BCUT2D eigenvalue weighted by molar-refractivity contribution is 0.0208. The summed E-state index contributed by atoms with van der Waals surface area (Å²) in [4.78, 5) is 2.50. The maximum atomic E-state index is 10.2. The van der Waals surface area contributed by atoms with Crippen molar-refractivity contribution < 1.29 is 5.11 Å². The van der Waals surface area contributed by atoms with Gasteiger partial charge in [0.05, 0.1) is 6.20 Å². The Morgan fingerprint density at radius 1 is 1.19 bits per heavy atom. The Balaban J connectivity index is 1.55. The Hall–Kier alpha value is -1.65. The highest BCUT2D eigenvalue weighted by Gasteiger charge is 2.34. The van der Waals surface area contributed by atoms with Crippen molar-refractivity contribution in [2.75, 3.05) is 19.7 Å². The van der Waals surface area contributed by atoms with Crippen molar-refractivity contribution in [1.29, 1.82) is 0 Å². The number of piperidine rings is 1. The van der Waals surface area contributed by atoms with Gasteiger partial charge in [-0.25, -0.2) is 0 Å². The highest BCUT2D eigenvalue weighted by Crippen LogP contribution is 2.35. The number of aromatic nitrogens is 2. The molecule has 4 heteroatoms. The predicted molar refractivity (Wildman–Crippen MR) is 106 cm³/mol. The summed E-state index contributed by atoms with van der Waals surface area (Å²) in [6.07, 6.45) is 9.80. The summed E-state index contributed by atoms with van der Waals surface area (Å²) in [5, 5.41) is 14.6. The van der Waals surface area contributed by atoms with Crippen molar-refractivity contribution in [2.45, 2.75) is 58.5 Å². The lowest BCUT2D eigenvalue weighted by Gasteiger charge is -2.42. The Kier molecular flexibility index (Phi) is 6.49. The van der Waals surface area contributed by atoms with Crippen molar-refractivity contribution in [2.24, 2.45) is 5.41 Å². The fourth-order valence-electron chi connectivity index (χ4n) is 4.17. The van der Waals surface area contributed by atoms with Gasteiger partial charge in [-0.15, -0.1) is 0 Å². The predicted octanol–water partition coefficient (Wildman–Crippen LogP) is 4.06. The number of aliphatic hydroxyl groups excluding tert-OH is 1. The summed E-state index contributed by atoms with van der Waals surface area (Å²) in [6, 6.07) is 11.1. The van der Waals surface area contributed by atoms with Crippen molar-refractivity contribution in [1.82, 2.24) is 14.7 Å². The minimum absolute atomic E-state index is 0.0566. The molecule has 4 nitrogen and oxygen atoms in total. The smallest absolute Gasteiger partial charge is 0.0534 e. The van der Waals surface area contributed by atoms with Gasteiger partial charge in [0.2, 0.25) is 0 Å². The van der Waals surface area contributed by atoms with Crippen LogP contribution >= 0.6 is 0 Å². The number of likely N-dealkylation sites (tertiary alicyclic amines) is 1. The Labute approximate surface area is 157 Å². The molecule has 1 aliphatic heterocycles. The minimum Gasteiger partial charge on any atom is -0.396 e. The van der Waals surface area contributed by atoms with Gasteiger partial charge in [0.15, 0.2) is 0 Å². The van der Waals surface area contributed by atoms with E-state index in [-0.39, 0.29) is 5.41 Å². The first-order chi connectivity index (χ1) is 12.6. The molecular formula is C22H33N3O. The molecule has 0 radical (unpaired) electrons. The first-order valence-electron chi connectivity index (χ1n) is 10.0. The van der Waals surface area contributed by atoms with Crippen LogP contribution < -0.4 is 0 Å². The maximum absolute atomic E-state index is 10.2. The molecule has 26 heavy (non-hydrogen) atoms. The lowest BCUT2D eigenvalue weighted by atomic mass is 9.76. The van der Waals surface area contributed by atoms with Crippen LogP contribution in [0.15, 0.2) is 42.7 Å². The summed E-state index contributed by atoms with van der Waals surface area (Å²) in [7, 11) is 0. The number of aryl methyl sites for hydroxylation is 1. The fourth-order valence-corrected chi connectivity index (χ4v) is 4.17. The van der Waals surface area contributed by atoms with E-state index >= 15 is 0 Å². The van der Waals surface area contributed by atoms with Gasteiger partial charge in [-0.1, -0.05) is 30.3 Å². The molecule has 0 bridgehead atoms. The van der Waals surface area contributed by atoms with E-state index in [2.05, 4.69) is 60.4 Å². The standard InChI is InChI=1S/C22H33N3O/c1-19(2)25-16-21(14-23-25)15-24-13-7-12-22(17-24,18-26)11-6-10-20-8-4-3-5-9-20/h3-5,8-9,14,16,19,26H,6-7,10-13,15,17-18H2,1-2H3/t22-/m0/s1. The van der Waals surface area contributed by atoms with E-state index in [0.29, 0.717) is 12.6 Å². The minimum atomic E-state index is 0.0566. The van der Waals surface area contributed by atoms with E-state index < -0.39 is 0 Å². The first kappa shape index (κ1) is 19.1. The SMILES string of the molecule is CC(C)n1cc(CN2CCC[C@@](CO)(CCCc3ccccc3)C2)cn1. The van der Waals surface area contributed by atoms with E-state index in [9.17, 15) is 5.11 Å². The molecule has 1 saturated heterocycles. The van der Waals surface area contributed by atoms with Gasteiger partial charge in [0.1, 0.15) is 0 Å². The summed E-state index contributed by atoms with van der Waals surface area (Å²) < 4.78 is 2.03. The third kappa shape index (κ3) is 4.95. The van der Waals surface area contributed by atoms with Crippen LogP contribution in [0.5, 0.6) is 0 Å². The van der Waals surface area contributed by atoms with Crippen LogP contribution in [-0.2, 0) is 13.0 Å². The van der Waals surface area contributed by atoms with Crippen LogP contribution in [0.3, 0.4) is 0 Å². The fraction of sp³-hybridized carbons (Fsp3) is 0.591. The number of rotatable bonds is 8. The molecule has 142 valence electrons. The molecule has 1 aromatic carbocycles. The number of hydrogen-bond donors (Lipinski definition) is 1. The van der Waals surface area contributed by atoms with Crippen LogP contribution in [-0.4, -0.2) is 39.5 Å². The molecule has 0 unspecified atom stereocenters. The van der Waals surface area contributed by atoms with Gasteiger partial charge in [-0.2, -0.15) is 5.10 Å². The zero-order chi connectivity index (χ0) is 18.4. The molecule has 0 aliphatic carbocycles. The highest BCUT2D eigenvalue weighted by atomic mass is 16.3. The average molecular weight is 356 g/mol. The van der Waals surface area contributed by atoms with Crippen molar-refractivity contribution >= 4 is 0 Å². The van der Waals surface area contributed by atoms with Gasteiger partial charge in [-0.3, -0.25) is 9.58 Å². The van der Waals surface area contributed by atoms with Crippen molar-refractivity contribution in [3.05, 3.63) is 53.9 Å². The van der Waals surface area contributed by atoms with E-state index in [1.165, 1.54) is 17.5 Å². The van der Waals surface area contributed by atoms with E-state index in [0.717, 1.165) is 45.3 Å². The van der Waals surface area contributed by atoms with E-state index in [1.807, 2.05) is 10.9 Å². The highest BCUT2D eigenvalue weighted by molar-refractivity contribution is 5.14. The summed E-state index contributed by atoms with van der Waals surface area (Å²) in [5.41, 5.74) is 2.73. The van der Waals surface area contributed by atoms with E-state index in [4.69, 9.17) is 0 Å². The van der Waals surface area contributed by atoms with Crippen molar-refractivity contribution in [3.8, 4) is 0 Å². The average Bonchev–Trinajstić information content (AvgIpc) is 3.12. The molecule has 1 N–H and O–H groups in total. The third-order valence-electron chi connectivity index (χ3n) is 5.68. The molecule has 1 aliphatic rings. The zero-order valence-corrected chi connectivity index (χ0v) is 16.3. The van der Waals surface area contributed by atoms with E-state index in [1.54, 1.807) is 0 Å². The number of hydrogen-bond acceptors (Lipinski definition) is 3. The largest absolute Gasteiger partial charge is 0.396 e. The second kappa shape index (κ2) is 8.83. The Bertz CT molecular complexity index is 667. The summed E-state index contributed by atoms with van der Waals surface area (Å²) in [5.74, 6) is 0. The third-order valence-corrected chi connectivity index (χ3v) is 5.68. The van der Waals surface area contributed by atoms with Crippen LogP contribution in [0, 0.1) is 5.41 Å². The summed E-state index contributed by atoms with van der Waals surface area (Å²) >= 11 is 0. The molecule has 1 fully saturated rings. The van der Waals surface area contributed by atoms with Gasteiger partial charge in [0, 0.05) is 42.9 Å². The lowest BCUT2D eigenvalue weighted by Crippen LogP contribution is -2.45. The second-order valence-corrected chi connectivity index (χ2v) is 8.23. The quantitative estimate of drug-likeness (QED) is 0.776. The molecule has 0 amide bonds. The van der Waals surface area contributed by atoms with Crippen molar-refractivity contribution in [3.63, 3.8) is 0 Å². The second-order valence-electron chi connectivity index (χ2n) is 8.23. The van der Waals surface area contributed by atoms with Gasteiger partial charge in [0.25, 0.3) is 0 Å². The number of nitrogens with zero attached hydrogens (tertiary/aromatic N) is 3. The molecule has 1 atom stereocenters. The van der Waals surface area contributed by atoms with Gasteiger partial charge < -0.3 is 5.11 Å². The van der Waals surface area contributed by atoms with Crippen LogP contribution in [0.2, 0.25) is 0 Å². The molecule has 0 saturated carbocycles. The summed E-state index contributed by atoms with van der Waals surface area (Å²) in [6.45, 7) is 7.65. The Morgan fingerprint density at radius 2 is 2.00 bits per heavy atom. The molecule has 2 heterocycles. The molecule has 2 aromatic rings. The topological polar surface area (TPSA) is 41.3 Å². The van der Waals surface area contributed by atoms with Gasteiger partial charge >= 0.3 is 0 Å². The Morgan fingerprint density at radius 3 is 2.69 bits per heavy atom. The van der Waals surface area contributed by atoms with Crippen LogP contribution in [0.1, 0.15) is 56.7 Å². The zero-order valence-electron chi connectivity index (χ0n) is 16.3. The number of benzene rings is 1. The number of aliphatic hydroxyl groups is 1. The molecule has 1 aromatic heterocycles. The van der Waals surface area contributed by atoms with Crippen LogP contribution in [0.4, 0.5) is 0 Å². The van der Waals surface area contributed by atoms with Crippen LogP contribution in [0.25, 0.3) is 0 Å². The maximum Gasteiger partial charge on any atom is 0.0534 e. The normalized spacial score (nSPS) is 21.4. The first-order valence-corrected chi connectivity index (χ1v) is 10.0.